The number of benzene rings is 1. The van der Waals surface area contributed by atoms with Crippen LogP contribution in [0.5, 0.6) is 11.5 Å². The highest BCUT2D eigenvalue weighted by Gasteiger charge is 2.06. The van der Waals surface area contributed by atoms with E-state index in [1.807, 2.05) is 6.92 Å². The fourth-order valence-electron chi connectivity index (χ4n) is 1.62. The molecule has 0 unspecified atom stereocenters. The highest BCUT2D eigenvalue weighted by Crippen LogP contribution is 2.23. The lowest BCUT2D eigenvalue weighted by Gasteiger charge is -2.09. The van der Waals surface area contributed by atoms with E-state index in [0.29, 0.717) is 29.2 Å². The van der Waals surface area contributed by atoms with Crippen molar-refractivity contribution >= 4 is 0 Å². The maximum absolute atomic E-state index is 9.64. The van der Waals surface area contributed by atoms with E-state index in [0.717, 1.165) is 0 Å². The number of aliphatic hydroxyl groups excluding tert-OH is 1. The zero-order chi connectivity index (χ0) is 13.7. The average Bonchev–Trinajstić information content (AvgIpc) is 2.47. The first-order chi connectivity index (χ1) is 9.22. The Hall–Kier alpha value is -2.38. The largest absolute Gasteiger partial charge is 0.456 e. The van der Waals surface area contributed by atoms with Crippen LogP contribution in [0.3, 0.4) is 0 Å². The van der Waals surface area contributed by atoms with E-state index in [9.17, 15) is 5.11 Å². The molecule has 19 heavy (non-hydrogen) atoms. The van der Waals surface area contributed by atoms with Crippen LogP contribution in [0.2, 0.25) is 0 Å². The molecule has 0 bridgehead atoms. The number of aromatic nitrogens is 1. The number of aliphatic hydroxyl groups is 1. The van der Waals surface area contributed by atoms with Crippen molar-refractivity contribution in [1.82, 2.24) is 4.98 Å². The molecule has 1 atom stereocenters. The van der Waals surface area contributed by atoms with Gasteiger partial charge in [0.25, 0.3) is 0 Å². The molecule has 96 valence electrons. The highest BCUT2D eigenvalue weighted by atomic mass is 16.5. The average molecular weight is 254 g/mol. The zero-order valence-corrected chi connectivity index (χ0v) is 10.6. The first-order valence-electron chi connectivity index (χ1n) is 6.05. The van der Waals surface area contributed by atoms with Crippen LogP contribution in [0.25, 0.3) is 0 Å². The van der Waals surface area contributed by atoms with Crippen molar-refractivity contribution < 1.29 is 9.84 Å². The van der Waals surface area contributed by atoms with Crippen molar-refractivity contribution in [1.29, 1.82) is 5.26 Å². The van der Waals surface area contributed by atoms with Crippen LogP contribution in [-0.2, 0) is 0 Å². The van der Waals surface area contributed by atoms with Gasteiger partial charge in [-0.25, -0.2) is 0 Å². The summed E-state index contributed by atoms with van der Waals surface area (Å²) in [5.74, 6) is 1.16. The lowest BCUT2D eigenvalue weighted by Crippen LogP contribution is -1.98. The van der Waals surface area contributed by atoms with Gasteiger partial charge in [0.2, 0.25) is 0 Å². The monoisotopic (exact) mass is 254 g/mol. The molecule has 0 saturated heterocycles. The lowest BCUT2D eigenvalue weighted by atomic mass is 10.2. The molecule has 4 nitrogen and oxygen atoms in total. The summed E-state index contributed by atoms with van der Waals surface area (Å²) in [6, 6.07) is 12.4. The van der Waals surface area contributed by atoms with E-state index in [1.54, 1.807) is 42.6 Å². The summed E-state index contributed by atoms with van der Waals surface area (Å²) in [5.41, 5.74) is 1.17. The summed E-state index contributed by atoms with van der Waals surface area (Å²) in [7, 11) is 0. The number of nitrogens with zero attached hydrogens (tertiary/aromatic N) is 2. The van der Waals surface area contributed by atoms with E-state index in [4.69, 9.17) is 10.00 Å². The van der Waals surface area contributed by atoms with E-state index < -0.39 is 6.10 Å². The van der Waals surface area contributed by atoms with Gasteiger partial charge in [-0.05, 0) is 36.8 Å². The van der Waals surface area contributed by atoms with E-state index in [-0.39, 0.29) is 0 Å². The summed E-state index contributed by atoms with van der Waals surface area (Å²) in [6.45, 7) is 1.89. The van der Waals surface area contributed by atoms with Gasteiger partial charge in [-0.2, -0.15) is 5.26 Å². The number of nitriles is 1. The van der Waals surface area contributed by atoms with Gasteiger partial charge in [-0.15, -0.1) is 0 Å². The predicted octanol–water partition coefficient (Wildman–Crippen LogP) is 3.19. The molecule has 2 aromatic rings. The van der Waals surface area contributed by atoms with Crippen molar-refractivity contribution in [2.24, 2.45) is 0 Å². The summed E-state index contributed by atoms with van der Waals surface area (Å²) in [4.78, 5) is 4.15. The maximum atomic E-state index is 9.64. The maximum Gasteiger partial charge on any atom is 0.145 e. The number of rotatable bonds is 4. The summed E-state index contributed by atoms with van der Waals surface area (Å²) in [5, 5.41) is 18.4. The van der Waals surface area contributed by atoms with Crippen LogP contribution in [0.4, 0.5) is 0 Å². The second-order valence-electron chi connectivity index (χ2n) is 4.08. The van der Waals surface area contributed by atoms with Gasteiger partial charge in [0, 0.05) is 0 Å². The Balaban J connectivity index is 2.13. The second-order valence-corrected chi connectivity index (χ2v) is 4.08. The van der Waals surface area contributed by atoms with Crippen molar-refractivity contribution in [2.45, 2.75) is 19.4 Å². The molecule has 0 fully saturated rings. The van der Waals surface area contributed by atoms with Crippen molar-refractivity contribution in [3.05, 3.63) is 53.9 Å². The standard InChI is InChI=1S/C15H14N2O2/c1-2-15(18)14-7-6-13(10-17-14)19-12-5-3-4-11(8-12)9-16/h3-8,10,15,18H,2H2,1H3/t15-/m1/s1. The third kappa shape index (κ3) is 3.30. The summed E-state index contributed by atoms with van der Waals surface area (Å²) >= 11 is 0. The van der Waals surface area contributed by atoms with Crippen LogP contribution >= 0.6 is 0 Å². The molecule has 1 heterocycles. The third-order valence-electron chi connectivity index (χ3n) is 2.69. The smallest absolute Gasteiger partial charge is 0.145 e. The molecule has 0 radical (unpaired) electrons. The van der Waals surface area contributed by atoms with Crippen LogP contribution in [-0.4, -0.2) is 10.1 Å². The second kappa shape index (κ2) is 5.98. The molecule has 0 saturated carbocycles. The summed E-state index contributed by atoms with van der Waals surface area (Å²) < 4.78 is 5.59. The Bertz CT molecular complexity index is 588. The molecule has 2 rings (SSSR count). The van der Waals surface area contributed by atoms with Gasteiger partial charge in [0.05, 0.1) is 29.6 Å². The molecule has 1 N–H and O–H groups in total. The van der Waals surface area contributed by atoms with Crippen LogP contribution < -0.4 is 4.74 Å². The number of hydrogen-bond donors (Lipinski definition) is 1. The van der Waals surface area contributed by atoms with Gasteiger partial charge in [-0.1, -0.05) is 13.0 Å². The van der Waals surface area contributed by atoms with Gasteiger partial charge >= 0.3 is 0 Å². The Labute approximate surface area is 111 Å². The van der Waals surface area contributed by atoms with Crippen molar-refractivity contribution in [3.63, 3.8) is 0 Å². The SMILES string of the molecule is CC[C@@H](O)c1ccc(Oc2cccc(C#N)c2)cn1. The predicted molar refractivity (Wildman–Crippen MR) is 70.7 cm³/mol. The Morgan fingerprint density at radius 3 is 2.79 bits per heavy atom. The number of pyridine rings is 1. The molecule has 0 spiro atoms. The van der Waals surface area contributed by atoms with E-state index >= 15 is 0 Å². The fraction of sp³-hybridized carbons (Fsp3) is 0.200. The topological polar surface area (TPSA) is 66.1 Å². The molecular formula is C15H14N2O2. The molecule has 0 aliphatic carbocycles. The van der Waals surface area contributed by atoms with Gasteiger partial charge in [-0.3, -0.25) is 4.98 Å². The summed E-state index contributed by atoms with van der Waals surface area (Å²) in [6.07, 6.45) is 1.64. The lowest BCUT2D eigenvalue weighted by molar-refractivity contribution is 0.169. The molecule has 1 aromatic carbocycles. The van der Waals surface area contributed by atoms with Crippen molar-refractivity contribution in [3.8, 4) is 17.6 Å². The third-order valence-corrected chi connectivity index (χ3v) is 2.69. The van der Waals surface area contributed by atoms with Crippen LogP contribution in [0.15, 0.2) is 42.6 Å². The quantitative estimate of drug-likeness (QED) is 0.909. The molecule has 4 heteroatoms. The minimum atomic E-state index is -0.545. The van der Waals surface area contributed by atoms with Crippen LogP contribution in [0.1, 0.15) is 30.7 Å². The Morgan fingerprint density at radius 2 is 2.16 bits per heavy atom. The van der Waals surface area contributed by atoms with Gasteiger partial charge in [0.15, 0.2) is 0 Å². The Kier molecular flexibility index (Phi) is 4.11. The normalized spacial score (nSPS) is 11.6. The fourth-order valence-corrected chi connectivity index (χ4v) is 1.62. The van der Waals surface area contributed by atoms with E-state index in [2.05, 4.69) is 11.1 Å². The molecule has 0 aliphatic heterocycles. The first-order valence-corrected chi connectivity index (χ1v) is 6.05. The number of hydrogen-bond acceptors (Lipinski definition) is 4. The minimum Gasteiger partial charge on any atom is -0.456 e. The molecule has 0 amide bonds. The number of ether oxygens (including phenoxy) is 1. The molecule has 0 aliphatic rings. The zero-order valence-electron chi connectivity index (χ0n) is 10.6. The minimum absolute atomic E-state index is 0.545. The van der Waals surface area contributed by atoms with Crippen LogP contribution in [0, 0.1) is 11.3 Å². The first kappa shape index (κ1) is 13.1. The highest BCUT2D eigenvalue weighted by molar-refractivity contribution is 5.38. The van der Waals surface area contributed by atoms with Gasteiger partial charge in [0.1, 0.15) is 11.5 Å². The van der Waals surface area contributed by atoms with Crippen molar-refractivity contribution in [2.75, 3.05) is 0 Å². The van der Waals surface area contributed by atoms with Gasteiger partial charge < -0.3 is 9.84 Å². The molecule has 1 aromatic heterocycles. The molecular weight excluding hydrogens is 240 g/mol. The Morgan fingerprint density at radius 1 is 1.32 bits per heavy atom. The van der Waals surface area contributed by atoms with E-state index in [1.165, 1.54) is 0 Å².